The largest absolute Gasteiger partial charge is 0.370 e. The number of likely N-dealkylation sites (tertiary alicyclic amines) is 1. The van der Waals surface area contributed by atoms with Gasteiger partial charge in [-0.15, -0.1) is 0 Å². The summed E-state index contributed by atoms with van der Waals surface area (Å²) < 4.78 is 0. The highest BCUT2D eigenvalue weighted by atomic mass is 32.2. The number of nitrogens with zero attached hydrogens (tertiary/aromatic N) is 4. The van der Waals surface area contributed by atoms with E-state index in [4.69, 9.17) is 10.8 Å². The minimum absolute atomic E-state index is 0.00999. The lowest BCUT2D eigenvalue weighted by molar-refractivity contribution is -0.145. The average Bonchev–Trinajstić information content (AvgIpc) is 3.22. The topological polar surface area (TPSA) is 104 Å². The molecule has 9 heteroatoms. The molecule has 1 aromatic rings. The van der Waals surface area contributed by atoms with Crippen LogP contribution in [0.1, 0.15) is 38.2 Å². The van der Waals surface area contributed by atoms with Crippen molar-refractivity contribution in [1.82, 2.24) is 14.8 Å². The molecule has 2 N–H and O–H groups in total. The molecule has 0 aliphatic carbocycles. The predicted octanol–water partition coefficient (Wildman–Crippen LogP) is 2.43. The summed E-state index contributed by atoms with van der Waals surface area (Å²) in [5, 5.41) is 16.7. The number of hydrogen-bond donors (Lipinski definition) is 2. The van der Waals surface area contributed by atoms with Gasteiger partial charge in [0.05, 0.1) is 16.9 Å². The zero-order valence-corrected chi connectivity index (χ0v) is 18.7. The number of nitrogens with one attached hydrogen (secondary N) is 2. The van der Waals surface area contributed by atoms with Crippen molar-refractivity contribution in [1.29, 1.82) is 10.8 Å². The number of piperidine rings is 1. The van der Waals surface area contributed by atoms with Crippen molar-refractivity contribution in [3.05, 3.63) is 24.0 Å². The van der Waals surface area contributed by atoms with Crippen LogP contribution >= 0.6 is 11.8 Å². The van der Waals surface area contributed by atoms with Crippen LogP contribution in [0.15, 0.2) is 18.5 Å². The Morgan fingerprint density at radius 3 is 2.50 bits per heavy atom. The first-order valence-corrected chi connectivity index (χ1v) is 11.1. The maximum absolute atomic E-state index is 13.1. The van der Waals surface area contributed by atoms with Crippen LogP contribution in [0.2, 0.25) is 0 Å². The van der Waals surface area contributed by atoms with Gasteiger partial charge in [-0.3, -0.25) is 25.4 Å². The van der Waals surface area contributed by atoms with E-state index < -0.39 is 0 Å². The third-order valence-corrected chi connectivity index (χ3v) is 6.48. The number of hydrogen-bond acceptors (Lipinski definition) is 7. The summed E-state index contributed by atoms with van der Waals surface area (Å²) in [5.74, 6) is 0.0341. The number of amides is 2. The van der Waals surface area contributed by atoms with Crippen LogP contribution in [0.4, 0.5) is 5.69 Å². The summed E-state index contributed by atoms with van der Waals surface area (Å²) in [6.45, 7) is 3.74. The molecule has 2 aliphatic heterocycles. The van der Waals surface area contributed by atoms with Gasteiger partial charge in [-0.25, -0.2) is 0 Å². The van der Waals surface area contributed by atoms with Gasteiger partial charge in [0, 0.05) is 51.4 Å². The zero-order valence-electron chi connectivity index (χ0n) is 17.9. The Labute approximate surface area is 182 Å². The third-order valence-electron chi connectivity index (χ3n) is 5.75. The van der Waals surface area contributed by atoms with Crippen molar-refractivity contribution < 1.29 is 9.59 Å². The first-order chi connectivity index (χ1) is 14.3. The van der Waals surface area contributed by atoms with Gasteiger partial charge >= 0.3 is 0 Å². The van der Waals surface area contributed by atoms with E-state index in [0.29, 0.717) is 29.7 Å². The van der Waals surface area contributed by atoms with Gasteiger partial charge in [-0.2, -0.15) is 0 Å². The quantitative estimate of drug-likeness (QED) is 0.564. The van der Waals surface area contributed by atoms with Gasteiger partial charge in [0.1, 0.15) is 11.1 Å². The number of pyridine rings is 1. The molecule has 1 aromatic heterocycles. The normalized spacial score (nSPS) is 19.6. The van der Waals surface area contributed by atoms with Crippen molar-refractivity contribution >= 4 is 39.4 Å². The predicted molar refractivity (Wildman–Crippen MR) is 120 cm³/mol. The lowest BCUT2D eigenvalue weighted by Crippen LogP contribution is -2.49. The lowest BCUT2D eigenvalue weighted by atomic mass is 9.94. The number of carbonyl (C=O) groups excluding carboxylic acids is 2. The number of thioether (sulfide) groups is 1. The van der Waals surface area contributed by atoms with Crippen molar-refractivity contribution in [2.75, 3.05) is 38.6 Å². The molecule has 30 heavy (non-hydrogen) atoms. The van der Waals surface area contributed by atoms with Crippen molar-refractivity contribution in [2.24, 2.45) is 5.92 Å². The molecule has 8 nitrogen and oxygen atoms in total. The number of rotatable bonds is 4. The van der Waals surface area contributed by atoms with E-state index in [9.17, 15) is 9.59 Å². The minimum Gasteiger partial charge on any atom is -0.370 e. The molecule has 2 saturated heterocycles. The van der Waals surface area contributed by atoms with Gasteiger partial charge in [-0.1, -0.05) is 11.8 Å². The Morgan fingerprint density at radius 2 is 1.87 bits per heavy atom. The third kappa shape index (κ3) is 4.83. The lowest BCUT2D eigenvalue weighted by Gasteiger charge is -2.36. The van der Waals surface area contributed by atoms with Crippen LogP contribution in [0, 0.1) is 16.7 Å². The van der Waals surface area contributed by atoms with Crippen LogP contribution in [0.5, 0.6) is 0 Å². The molecular weight excluding hydrogens is 400 g/mol. The van der Waals surface area contributed by atoms with Gasteiger partial charge in [-0.05, 0) is 38.7 Å². The number of likely N-dealkylation sites (N-methyl/N-ethyl adjacent to an activating group) is 1. The summed E-state index contributed by atoms with van der Waals surface area (Å²) in [5.41, 5.74) is 1.64. The van der Waals surface area contributed by atoms with Gasteiger partial charge < -0.3 is 14.7 Å². The molecule has 2 amide bonds. The molecule has 0 saturated carbocycles. The van der Waals surface area contributed by atoms with Crippen molar-refractivity contribution in [3.63, 3.8) is 0 Å². The molecule has 0 spiro atoms. The molecule has 3 heterocycles. The van der Waals surface area contributed by atoms with E-state index in [1.165, 1.54) is 0 Å². The molecular formula is C21H30N6O2S. The highest BCUT2D eigenvalue weighted by molar-refractivity contribution is 8.26. The fourth-order valence-corrected chi connectivity index (χ4v) is 4.81. The summed E-state index contributed by atoms with van der Waals surface area (Å²) in [6, 6.07) is 1.49. The Balaban J connectivity index is 1.66. The van der Waals surface area contributed by atoms with Gasteiger partial charge in [0.15, 0.2) is 0 Å². The Bertz CT molecular complexity index is 835. The van der Waals surface area contributed by atoms with Crippen molar-refractivity contribution in [2.45, 2.75) is 38.6 Å². The smallest absolute Gasteiger partial charge is 0.244 e. The maximum Gasteiger partial charge on any atom is 0.244 e. The second kappa shape index (κ2) is 9.59. The molecule has 0 radical (unpaired) electrons. The summed E-state index contributed by atoms with van der Waals surface area (Å²) in [6.07, 6.45) is 6.48. The second-order valence-electron chi connectivity index (χ2n) is 8.06. The molecule has 3 rings (SSSR count). The van der Waals surface area contributed by atoms with Gasteiger partial charge in [0.25, 0.3) is 0 Å². The Hall–Kier alpha value is -2.42. The summed E-state index contributed by atoms with van der Waals surface area (Å²) in [7, 11) is 3.48. The highest BCUT2D eigenvalue weighted by Gasteiger charge is 2.38. The summed E-state index contributed by atoms with van der Waals surface area (Å²) >= 11 is 1.13. The first-order valence-electron chi connectivity index (χ1n) is 10.3. The molecule has 1 atom stereocenters. The van der Waals surface area contributed by atoms with E-state index >= 15 is 0 Å². The monoisotopic (exact) mass is 430 g/mol. The fraction of sp³-hybridized carbons (Fsp3) is 0.571. The Morgan fingerprint density at radius 1 is 1.17 bits per heavy atom. The van der Waals surface area contributed by atoms with E-state index in [2.05, 4.69) is 9.88 Å². The highest BCUT2D eigenvalue weighted by Crippen LogP contribution is 2.30. The first kappa shape index (κ1) is 22.3. The standard InChI is InChI=1S/C21H30N6O2S/c1-14(22)30-19(23)16-6-9-24-13-18(16)26-11-7-15(8-12-26)20(28)27-10-4-5-17(27)21(29)25(2)3/h6,9,13,15,17,22-23H,4-5,7-8,10-12H2,1-3H3/t17-/m1/s1. The molecule has 162 valence electrons. The molecule has 0 bridgehead atoms. The number of aromatic nitrogens is 1. The minimum atomic E-state index is -0.322. The number of carbonyl (C=O) groups is 2. The van der Waals surface area contributed by atoms with Crippen LogP contribution in [0.3, 0.4) is 0 Å². The van der Waals surface area contributed by atoms with Gasteiger partial charge in [0.2, 0.25) is 11.8 Å². The maximum atomic E-state index is 13.1. The summed E-state index contributed by atoms with van der Waals surface area (Å²) in [4.78, 5) is 35.3. The average molecular weight is 431 g/mol. The van der Waals surface area contributed by atoms with E-state index in [1.54, 1.807) is 43.2 Å². The van der Waals surface area contributed by atoms with Crippen LogP contribution in [-0.2, 0) is 9.59 Å². The SMILES string of the molecule is CC(=N)SC(=N)c1ccncc1N1CCC(C(=O)N2CCC[C@@H]2C(=O)N(C)C)CC1. The zero-order chi connectivity index (χ0) is 21.8. The number of anilines is 1. The van der Waals surface area contributed by atoms with E-state index in [1.807, 2.05) is 6.07 Å². The van der Waals surface area contributed by atoms with E-state index in [0.717, 1.165) is 48.7 Å². The molecule has 0 unspecified atom stereocenters. The molecule has 0 aromatic carbocycles. The Kier molecular flexibility index (Phi) is 7.12. The van der Waals surface area contributed by atoms with Crippen molar-refractivity contribution in [3.8, 4) is 0 Å². The molecule has 2 aliphatic rings. The van der Waals surface area contributed by atoms with E-state index in [-0.39, 0.29) is 23.8 Å². The van der Waals surface area contributed by atoms with Crippen LogP contribution in [-0.4, -0.2) is 76.5 Å². The van der Waals surface area contributed by atoms with Crippen LogP contribution < -0.4 is 4.90 Å². The second-order valence-corrected chi connectivity index (χ2v) is 9.29. The fourth-order valence-electron chi connectivity index (χ4n) is 4.23. The molecule has 2 fully saturated rings. The van der Waals surface area contributed by atoms with Crippen LogP contribution in [0.25, 0.3) is 0 Å².